The number of benzene rings is 2. The van der Waals surface area contributed by atoms with E-state index < -0.39 is 5.91 Å². The van der Waals surface area contributed by atoms with Crippen LogP contribution in [0, 0.1) is 11.3 Å². The van der Waals surface area contributed by atoms with Crippen molar-refractivity contribution < 1.29 is 19.1 Å². The van der Waals surface area contributed by atoms with Crippen molar-refractivity contribution in [1.29, 1.82) is 5.26 Å². The van der Waals surface area contributed by atoms with E-state index in [-0.39, 0.29) is 17.4 Å². The number of carbonyl (C=O) groups is 3. The molecular formula is C28H27N5O4. The van der Waals surface area contributed by atoms with Crippen LogP contribution < -0.4 is 15.4 Å². The summed E-state index contributed by atoms with van der Waals surface area (Å²) in [5.74, 6) is 0.317. The number of likely N-dealkylation sites (tertiary alicyclic amines) is 1. The van der Waals surface area contributed by atoms with E-state index in [9.17, 15) is 14.4 Å². The van der Waals surface area contributed by atoms with Gasteiger partial charge in [0, 0.05) is 31.8 Å². The largest absolute Gasteiger partial charge is 0.495 e. The molecule has 1 aromatic heterocycles. The number of rotatable bonds is 6. The van der Waals surface area contributed by atoms with E-state index >= 15 is 0 Å². The van der Waals surface area contributed by atoms with Crippen LogP contribution in [0.1, 0.15) is 57.5 Å². The topological polar surface area (TPSA) is 124 Å². The van der Waals surface area contributed by atoms with Gasteiger partial charge in [-0.15, -0.1) is 0 Å². The van der Waals surface area contributed by atoms with Crippen molar-refractivity contribution in [3.63, 3.8) is 0 Å². The molecule has 0 spiro atoms. The lowest BCUT2D eigenvalue weighted by molar-refractivity contribution is -0.114. The van der Waals surface area contributed by atoms with Crippen LogP contribution in [-0.2, 0) is 4.79 Å². The smallest absolute Gasteiger partial charge is 0.257 e. The van der Waals surface area contributed by atoms with E-state index in [4.69, 9.17) is 10.00 Å². The van der Waals surface area contributed by atoms with Gasteiger partial charge in [-0.05, 0) is 66.8 Å². The van der Waals surface area contributed by atoms with Gasteiger partial charge in [0.1, 0.15) is 11.6 Å². The number of anilines is 2. The zero-order valence-electron chi connectivity index (χ0n) is 20.7. The molecule has 3 amide bonds. The number of nitriles is 1. The van der Waals surface area contributed by atoms with Gasteiger partial charge in [-0.3, -0.25) is 14.4 Å². The zero-order chi connectivity index (χ0) is 26.4. The normalized spacial score (nSPS) is 13.4. The van der Waals surface area contributed by atoms with Gasteiger partial charge in [-0.25, -0.2) is 4.98 Å². The van der Waals surface area contributed by atoms with E-state index in [1.807, 2.05) is 29.2 Å². The highest BCUT2D eigenvalue weighted by Gasteiger charge is 2.25. The Morgan fingerprint density at radius 2 is 1.70 bits per heavy atom. The molecule has 4 rings (SSSR count). The number of aromatic nitrogens is 1. The van der Waals surface area contributed by atoms with E-state index in [1.54, 1.807) is 24.3 Å². The monoisotopic (exact) mass is 497 g/mol. The highest BCUT2D eigenvalue weighted by Crippen LogP contribution is 2.31. The first kappa shape index (κ1) is 25.4. The number of amides is 3. The lowest BCUT2D eigenvalue weighted by Gasteiger charge is -2.32. The van der Waals surface area contributed by atoms with Crippen LogP contribution in [0.3, 0.4) is 0 Å². The van der Waals surface area contributed by atoms with Gasteiger partial charge in [0.15, 0.2) is 0 Å². The number of hydrogen-bond acceptors (Lipinski definition) is 6. The van der Waals surface area contributed by atoms with Gasteiger partial charge < -0.3 is 20.3 Å². The fraction of sp³-hybridized carbons (Fsp3) is 0.250. The van der Waals surface area contributed by atoms with Crippen molar-refractivity contribution in [3.8, 4) is 11.8 Å². The number of piperidine rings is 1. The van der Waals surface area contributed by atoms with Gasteiger partial charge in [-0.1, -0.05) is 12.1 Å². The minimum atomic E-state index is -0.423. The van der Waals surface area contributed by atoms with Gasteiger partial charge in [0.25, 0.3) is 11.8 Å². The van der Waals surface area contributed by atoms with Crippen LogP contribution in [0.15, 0.2) is 60.8 Å². The maximum absolute atomic E-state index is 13.3. The maximum atomic E-state index is 13.3. The highest BCUT2D eigenvalue weighted by molar-refractivity contribution is 6.06. The van der Waals surface area contributed by atoms with Crippen LogP contribution in [0.2, 0.25) is 0 Å². The molecule has 188 valence electrons. The summed E-state index contributed by atoms with van der Waals surface area (Å²) < 4.78 is 5.38. The molecule has 37 heavy (non-hydrogen) atoms. The predicted octanol–water partition coefficient (Wildman–Crippen LogP) is 4.19. The van der Waals surface area contributed by atoms with Crippen LogP contribution in [0.4, 0.5) is 11.5 Å². The molecule has 3 aromatic rings. The molecule has 0 aliphatic carbocycles. The summed E-state index contributed by atoms with van der Waals surface area (Å²) in [6.07, 6.45) is 3.03. The fourth-order valence-electron chi connectivity index (χ4n) is 4.34. The van der Waals surface area contributed by atoms with Gasteiger partial charge in [0.2, 0.25) is 5.91 Å². The molecule has 1 aliphatic rings. The Hall–Kier alpha value is -4.71. The van der Waals surface area contributed by atoms with E-state index in [2.05, 4.69) is 21.7 Å². The molecule has 1 aliphatic heterocycles. The Labute approximate surface area is 215 Å². The third-order valence-corrected chi connectivity index (χ3v) is 6.32. The number of hydrogen-bond donors (Lipinski definition) is 2. The molecule has 2 heterocycles. The number of methoxy groups -OCH3 is 1. The molecule has 2 aromatic carbocycles. The summed E-state index contributed by atoms with van der Waals surface area (Å²) in [5, 5.41) is 14.3. The van der Waals surface area contributed by atoms with E-state index in [0.717, 1.165) is 12.8 Å². The van der Waals surface area contributed by atoms with Gasteiger partial charge in [0.05, 0.1) is 30.0 Å². The summed E-state index contributed by atoms with van der Waals surface area (Å²) in [6, 6.07) is 17.8. The lowest BCUT2D eigenvalue weighted by Crippen LogP contribution is -2.38. The van der Waals surface area contributed by atoms with Crippen molar-refractivity contribution >= 4 is 29.2 Å². The molecule has 0 saturated carbocycles. The number of ether oxygens (including phenoxy) is 1. The minimum Gasteiger partial charge on any atom is -0.495 e. The summed E-state index contributed by atoms with van der Waals surface area (Å²) in [4.78, 5) is 43.1. The Bertz CT molecular complexity index is 1340. The predicted molar refractivity (Wildman–Crippen MR) is 139 cm³/mol. The van der Waals surface area contributed by atoms with Crippen molar-refractivity contribution in [3.05, 3.63) is 83.0 Å². The SMILES string of the molecule is COc1ccc(C(=O)N2CCC(c3ccc(C#N)cc3)CC2)cc1NC(=O)c1ccc(NC(C)=O)nc1. The zero-order valence-corrected chi connectivity index (χ0v) is 20.7. The van der Waals surface area contributed by atoms with Gasteiger partial charge >= 0.3 is 0 Å². The third-order valence-electron chi connectivity index (χ3n) is 6.32. The average Bonchev–Trinajstić information content (AvgIpc) is 2.93. The van der Waals surface area contributed by atoms with Crippen LogP contribution in [0.25, 0.3) is 0 Å². The molecular weight excluding hydrogens is 470 g/mol. The summed E-state index contributed by atoms with van der Waals surface area (Å²) >= 11 is 0. The third kappa shape index (κ3) is 6.11. The molecule has 2 N–H and O–H groups in total. The van der Waals surface area contributed by atoms with Gasteiger partial charge in [-0.2, -0.15) is 5.26 Å². The molecule has 0 radical (unpaired) electrons. The molecule has 0 bridgehead atoms. The Morgan fingerprint density at radius 3 is 2.30 bits per heavy atom. The molecule has 0 atom stereocenters. The lowest BCUT2D eigenvalue weighted by atomic mass is 9.89. The van der Waals surface area contributed by atoms with Crippen LogP contribution in [0.5, 0.6) is 5.75 Å². The van der Waals surface area contributed by atoms with Crippen LogP contribution in [-0.4, -0.2) is 47.8 Å². The van der Waals surface area contributed by atoms with Crippen molar-refractivity contribution in [2.75, 3.05) is 30.8 Å². The maximum Gasteiger partial charge on any atom is 0.257 e. The number of carbonyl (C=O) groups excluding carboxylic acids is 3. The molecule has 1 fully saturated rings. The second kappa shape index (κ2) is 11.4. The fourth-order valence-corrected chi connectivity index (χ4v) is 4.34. The van der Waals surface area contributed by atoms with Crippen LogP contribution >= 0.6 is 0 Å². The standard InChI is InChI=1S/C28H27N5O4/c1-18(34)31-26-10-8-23(17-30-26)27(35)32-24-15-22(7-9-25(24)37-2)28(36)33-13-11-21(12-14-33)20-5-3-19(16-29)4-6-20/h3-10,15,17,21H,11-14H2,1-2H3,(H,32,35)(H,30,31,34). The van der Waals surface area contributed by atoms with Crippen molar-refractivity contribution in [2.24, 2.45) is 0 Å². The first-order valence-electron chi connectivity index (χ1n) is 11.9. The number of nitrogens with one attached hydrogen (secondary N) is 2. The molecule has 9 nitrogen and oxygen atoms in total. The second-order valence-corrected chi connectivity index (χ2v) is 8.78. The Morgan fingerprint density at radius 1 is 1.00 bits per heavy atom. The summed E-state index contributed by atoms with van der Waals surface area (Å²) in [5.41, 5.74) is 2.93. The first-order chi connectivity index (χ1) is 17.9. The molecule has 9 heteroatoms. The quantitative estimate of drug-likeness (QED) is 0.526. The average molecular weight is 498 g/mol. The number of nitrogens with zero attached hydrogens (tertiary/aromatic N) is 3. The Balaban J connectivity index is 1.42. The van der Waals surface area contributed by atoms with E-state index in [0.29, 0.717) is 47.4 Å². The second-order valence-electron chi connectivity index (χ2n) is 8.78. The first-order valence-corrected chi connectivity index (χ1v) is 11.9. The molecule has 0 unspecified atom stereocenters. The number of pyridine rings is 1. The van der Waals surface area contributed by atoms with Crippen molar-refractivity contribution in [1.82, 2.24) is 9.88 Å². The Kier molecular flexibility index (Phi) is 7.79. The highest BCUT2D eigenvalue weighted by atomic mass is 16.5. The molecule has 1 saturated heterocycles. The summed E-state index contributed by atoms with van der Waals surface area (Å²) in [7, 11) is 1.49. The van der Waals surface area contributed by atoms with E-state index in [1.165, 1.54) is 31.9 Å². The van der Waals surface area contributed by atoms with Crippen molar-refractivity contribution in [2.45, 2.75) is 25.7 Å². The minimum absolute atomic E-state index is 0.113. The summed E-state index contributed by atoms with van der Waals surface area (Å²) in [6.45, 7) is 2.60.